The second-order valence-corrected chi connectivity index (χ2v) is 4.38. The monoisotopic (exact) mass is 267 g/mol. The number of carbonyl (C=O) groups is 1. The molecule has 0 saturated carbocycles. The van der Waals surface area contributed by atoms with Crippen LogP contribution in [0.3, 0.4) is 0 Å². The summed E-state index contributed by atoms with van der Waals surface area (Å²) >= 11 is 1.35. The fraction of sp³-hybridized carbons (Fsp3) is 0.556. The lowest BCUT2D eigenvalue weighted by Gasteiger charge is -2.13. The zero-order valence-electron chi connectivity index (χ0n) is 9.26. The Bertz CT molecular complexity index is 391. The van der Waals surface area contributed by atoms with Gasteiger partial charge in [-0.25, -0.2) is 9.78 Å². The number of hydrogen-bond donors (Lipinski definition) is 2. The summed E-state index contributed by atoms with van der Waals surface area (Å²) in [7, 11) is 0. The molecule has 0 aliphatic carbocycles. The summed E-state index contributed by atoms with van der Waals surface area (Å²) < 4.78 is 35.5. The number of amides is 2. The van der Waals surface area contributed by atoms with Crippen LogP contribution in [0.2, 0.25) is 0 Å². The number of urea groups is 1. The molecular weight excluding hydrogens is 255 g/mol. The summed E-state index contributed by atoms with van der Waals surface area (Å²) in [6.45, 7) is 2.12. The molecule has 2 N–H and O–H groups in total. The first-order valence-electron chi connectivity index (χ1n) is 4.81. The number of hydrogen-bond acceptors (Lipinski definition) is 3. The third kappa shape index (κ3) is 5.03. The van der Waals surface area contributed by atoms with Crippen LogP contribution in [0.25, 0.3) is 0 Å². The van der Waals surface area contributed by atoms with Crippen LogP contribution in [0, 0.1) is 6.92 Å². The molecule has 0 bridgehead atoms. The second kappa shape index (κ2) is 5.35. The molecule has 2 amide bonds. The molecule has 96 valence electrons. The van der Waals surface area contributed by atoms with Gasteiger partial charge in [-0.3, -0.25) is 0 Å². The molecule has 17 heavy (non-hydrogen) atoms. The van der Waals surface area contributed by atoms with Gasteiger partial charge in [-0.1, -0.05) is 0 Å². The van der Waals surface area contributed by atoms with E-state index in [2.05, 4.69) is 10.3 Å². The van der Waals surface area contributed by atoms with Crippen LogP contribution in [-0.2, 0) is 0 Å². The molecule has 0 saturated heterocycles. The van der Waals surface area contributed by atoms with Crippen molar-refractivity contribution in [2.24, 2.45) is 0 Å². The molecule has 4 nitrogen and oxygen atoms in total. The summed E-state index contributed by atoms with van der Waals surface area (Å²) in [5.74, 6) is 0. The van der Waals surface area contributed by atoms with Crippen molar-refractivity contribution in [1.82, 2.24) is 15.6 Å². The Morgan fingerprint density at radius 1 is 1.59 bits per heavy atom. The van der Waals surface area contributed by atoms with E-state index in [-0.39, 0.29) is 0 Å². The molecular formula is C9H12F3N3OS. The smallest absolute Gasteiger partial charge is 0.329 e. The van der Waals surface area contributed by atoms with Crippen molar-refractivity contribution < 1.29 is 18.0 Å². The van der Waals surface area contributed by atoms with Crippen LogP contribution in [0.4, 0.5) is 18.0 Å². The third-order valence-electron chi connectivity index (χ3n) is 1.80. The second-order valence-electron chi connectivity index (χ2n) is 3.49. The molecule has 0 aliphatic heterocycles. The van der Waals surface area contributed by atoms with Gasteiger partial charge in [0.25, 0.3) is 0 Å². The minimum absolute atomic E-state index is 0.415. The highest BCUT2D eigenvalue weighted by atomic mass is 32.1. The zero-order chi connectivity index (χ0) is 13.1. The fourth-order valence-corrected chi connectivity index (χ4v) is 1.86. The average Bonchev–Trinajstić information content (AvgIpc) is 2.61. The van der Waals surface area contributed by atoms with E-state index in [1.807, 2.05) is 0 Å². The topological polar surface area (TPSA) is 54.0 Å². The normalized spacial score (nSPS) is 13.2. The number of nitrogens with zero attached hydrogens (tertiary/aromatic N) is 1. The van der Waals surface area contributed by atoms with Crippen molar-refractivity contribution >= 4 is 17.4 Å². The summed E-state index contributed by atoms with van der Waals surface area (Å²) in [6.07, 6.45) is -4.40. The van der Waals surface area contributed by atoms with Crippen molar-refractivity contribution in [3.05, 3.63) is 16.1 Å². The van der Waals surface area contributed by atoms with E-state index in [0.29, 0.717) is 5.01 Å². The minimum Gasteiger partial charge on any atom is -0.329 e. The van der Waals surface area contributed by atoms with Gasteiger partial charge in [0.05, 0.1) is 6.04 Å². The fourth-order valence-electron chi connectivity index (χ4n) is 1.06. The molecule has 0 radical (unpaired) electrons. The van der Waals surface area contributed by atoms with E-state index in [1.54, 1.807) is 24.5 Å². The van der Waals surface area contributed by atoms with Crippen LogP contribution in [0.1, 0.15) is 23.7 Å². The lowest BCUT2D eigenvalue weighted by Crippen LogP contribution is -2.41. The molecule has 1 unspecified atom stereocenters. The lowest BCUT2D eigenvalue weighted by atomic mass is 10.3. The first kappa shape index (κ1) is 13.8. The van der Waals surface area contributed by atoms with Crippen molar-refractivity contribution in [2.45, 2.75) is 26.1 Å². The third-order valence-corrected chi connectivity index (χ3v) is 2.95. The van der Waals surface area contributed by atoms with Gasteiger partial charge in [0.2, 0.25) is 0 Å². The highest BCUT2D eigenvalue weighted by Gasteiger charge is 2.28. The maximum absolute atomic E-state index is 11.8. The van der Waals surface area contributed by atoms with Gasteiger partial charge in [-0.15, -0.1) is 11.3 Å². The van der Waals surface area contributed by atoms with Gasteiger partial charge in [-0.2, -0.15) is 13.2 Å². The predicted octanol–water partition coefficient (Wildman–Crippen LogP) is 2.37. The van der Waals surface area contributed by atoms with E-state index in [4.69, 9.17) is 0 Å². The van der Waals surface area contributed by atoms with E-state index < -0.39 is 24.8 Å². The molecule has 0 aliphatic rings. The summed E-state index contributed by atoms with van der Waals surface area (Å²) in [4.78, 5) is 15.3. The van der Waals surface area contributed by atoms with Crippen molar-refractivity contribution in [2.75, 3.05) is 6.54 Å². The van der Waals surface area contributed by atoms with Crippen LogP contribution < -0.4 is 10.6 Å². The highest BCUT2D eigenvalue weighted by Crippen LogP contribution is 2.17. The number of rotatable bonds is 3. The van der Waals surface area contributed by atoms with E-state index in [1.165, 1.54) is 11.3 Å². The Morgan fingerprint density at radius 3 is 2.71 bits per heavy atom. The molecule has 1 rings (SSSR count). The molecule has 0 aromatic carbocycles. The zero-order valence-corrected chi connectivity index (χ0v) is 10.1. The standard InChI is InChI=1S/C9H12F3N3OS/c1-5-3-17-7(14-5)6(2)15-8(16)13-4-9(10,11)12/h3,6H,4H2,1-2H3,(H2,13,15,16). The molecule has 0 fully saturated rings. The number of aromatic nitrogens is 1. The van der Waals surface area contributed by atoms with Crippen LogP contribution >= 0.6 is 11.3 Å². The SMILES string of the molecule is Cc1csc(C(C)NC(=O)NCC(F)(F)F)n1. The summed E-state index contributed by atoms with van der Waals surface area (Å²) in [6, 6.07) is -1.27. The van der Waals surface area contributed by atoms with E-state index in [0.717, 1.165) is 5.69 Å². The Labute approximate surface area is 100 Å². The van der Waals surface area contributed by atoms with Gasteiger partial charge in [-0.05, 0) is 13.8 Å². The quantitative estimate of drug-likeness (QED) is 0.883. The number of alkyl halides is 3. The number of halogens is 3. The van der Waals surface area contributed by atoms with Crippen molar-refractivity contribution in [1.29, 1.82) is 0 Å². The van der Waals surface area contributed by atoms with E-state index in [9.17, 15) is 18.0 Å². The predicted molar refractivity (Wildman–Crippen MR) is 57.9 cm³/mol. The van der Waals surface area contributed by atoms with Crippen LogP contribution in [0.5, 0.6) is 0 Å². The molecule has 0 spiro atoms. The number of carbonyl (C=O) groups excluding carboxylic acids is 1. The van der Waals surface area contributed by atoms with Gasteiger partial charge >= 0.3 is 12.2 Å². The number of aryl methyl sites for hydroxylation is 1. The molecule has 1 atom stereocenters. The molecule has 1 aromatic rings. The molecule has 1 aromatic heterocycles. The Hall–Kier alpha value is -1.31. The first-order chi connectivity index (χ1) is 7.78. The first-order valence-corrected chi connectivity index (χ1v) is 5.69. The van der Waals surface area contributed by atoms with Crippen molar-refractivity contribution in [3.8, 4) is 0 Å². The van der Waals surface area contributed by atoms with Crippen LogP contribution in [-0.4, -0.2) is 23.7 Å². The van der Waals surface area contributed by atoms with Gasteiger partial charge in [0.15, 0.2) is 0 Å². The lowest BCUT2D eigenvalue weighted by molar-refractivity contribution is -0.122. The average molecular weight is 267 g/mol. The highest BCUT2D eigenvalue weighted by molar-refractivity contribution is 7.09. The Balaban J connectivity index is 2.41. The van der Waals surface area contributed by atoms with Gasteiger partial charge < -0.3 is 10.6 Å². The summed E-state index contributed by atoms with van der Waals surface area (Å²) in [5, 5.41) is 6.58. The Morgan fingerprint density at radius 2 is 2.24 bits per heavy atom. The molecule has 8 heteroatoms. The minimum atomic E-state index is -4.40. The number of thiazole rings is 1. The van der Waals surface area contributed by atoms with Crippen LogP contribution in [0.15, 0.2) is 5.38 Å². The Kier molecular flexibility index (Phi) is 4.33. The van der Waals surface area contributed by atoms with E-state index >= 15 is 0 Å². The molecule has 1 heterocycles. The largest absolute Gasteiger partial charge is 0.405 e. The van der Waals surface area contributed by atoms with Gasteiger partial charge in [0, 0.05) is 11.1 Å². The maximum Gasteiger partial charge on any atom is 0.405 e. The van der Waals surface area contributed by atoms with Crippen molar-refractivity contribution in [3.63, 3.8) is 0 Å². The summed E-state index contributed by atoms with van der Waals surface area (Å²) in [5.41, 5.74) is 0.814. The maximum atomic E-state index is 11.8. The number of nitrogens with one attached hydrogen (secondary N) is 2. The van der Waals surface area contributed by atoms with Gasteiger partial charge in [0.1, 0.15) is 11.6 Å².